The summed E-state index contributed by atoms with van der Waals surface area (Å²) in [4.78, 5) is 12.4. The van der Waals surface area contributed by atoms with Crippen molar-refractivity contribution in [2.45, 2.75) is 149 Å². The van der Waals surface area contributed by atoms with Crippen molar-refractivity contribution in [3.05, 3.63) is 35.4 Å². The molecule has 1 rings (SSSR count). The van der Waals surface area contributed by atoms with Crippen LogP contribution in [0.4, 0.5) is 0 Å². The Balaban J connectivity index is 2.78. The third-order valence-electron chi connectivity index (χ3n) is 9.66. The van der Waals surface area contributed by atoms with Gasteiger partial charge in [-0.15, -0.1) is 6.42 Å². The van der Waals surface area contributed by atoms with Gasteiger partial charge in [-0.3, -0.25) is 4.79 Å². The van der Waals surface area contributed by atoms with Crippen molar-refractivity contribution in [2.75, 3.05) is 26.8 Å². The lowest BCUT2D eigenvalue weighted by atomic mass is 9.88. The van der Waals surface area contributed by atoms with Gasteiger partial charge in [0.15, 0.2) is 6.04 Å². The molecule has 3 unspecified atom stereocenters. The molecule has 0 aliphatic rings. The summed E-state index contributed by atoms with van der Waals surface area (Å²) in [5.74, 6) is 41.4. The van der Waals surface area contributed by atoms with E-state index in [1.54, 1.807) is 0 Å². The van der Waals surface area contributed by atoms with Crippen molar-refractivity contribution in [3.8, 4) is 107 Å². The lowest BCUT2D eigenvalue weighted by Crippen LogP contribution is -2.39. The highest BCUT2D eigenvalue weighted by Gasteiger charge is 2.23. The van der Waals surface area contributed by atoms with Crippen molar-refractivity contribution in [3.63, 3.8) is 0 Å². The number of unbranched alkanes of at least 4 members (excludes halogenated alkanes) is 15. The number of ether oxygens (including phenoxy) is 1. The molecule has 1 aromatic rings. The van der Waals surface area contributed by atoms with E-state index in [-0.39, 0.29) is 31.0 Å². The minimum absolute atomic E-state index is 0.0433. The number of benzene rings is 1. The third kappa shape index (κ3) is 27.8. The maximum atomic E-state index is 12.4. The molecule has 3 atom stereocenters. The Morgan fingerprint density at radius 1 is 0.649 bits per heavy atom. The number of carbonyl (C=O) groups is 1. The Bertz CT molecular complexity index is 1870. The van der Waals surface area contributed by atoms with Gasteiger partial charge in [0, 0.05) is 47.0 Å². The quantitative estimate of drug-likeness (QED) is 0.0443. The van der Waals surface area contributed by atoms with E-state index >= 15 is 0 Å². The number of esters is 1. The zero-order valence-corrected chi connectivity index (χ0v) is 35.3. The predicted molar refractivity (Wildman–Crippen MR) is 237 cm³/mol. The van der Waals surface area contributed by atoms with E-state index in [2.05, 4.69) is 146 Å². The fourth-order valence-electron chi connectivity index (χ4n) is 6.40. The fraction of sp³-hybridized carbons (Fsp3) is 0.528. The number of nitrogens with zero attached hydrogens (tertiary/aromatic N) is 1. The largest absolute Gasteiger partial charge is 0.463 e. The summed E-state index contributed by atoms with van der Waals surface area (Å²) < 4.78 is 5.76. The first-order valence-electron chi connectivity index (χ1n) is 21.1. The monoisotopic (exact) mass is 762 g/mol. The van der Waals surface area contributed by atoms with Crippen LogP contribution in [0.2, 0.25) is 0 Å². The van der Waals surface area contributed by atoms with Gasteiger partial charge in [-0.1, -0.05) is 135 Å². The highest BCUT2D eigenvalue weighted by atomic mass is 16.5. The molecule has 1 aromatic carbocycles. The van der Waals surface area contributed by atoms with Crippen LogP contribution in [0.15, 0.2) is 24.3 Å². The standard InChI is InChI=1S/C53H64NO3/c1-6-9-11-13-15-17-19-21-23-25-27-29-31-33-35-37-43-54(5,44-38-36-34-32-30-28-26-24-22-20-18-16-14-12-10-7-2)48-50-39-41-52(42-40-50)49(4)47-51(8-3)53(56)57-46-45-55/h1,39-42,49,51,55H,7-8,10,12,14,16,18,20,22,24,26,28,30,32,34,36,38,44-48H2,2-5H3/q+1. The number of quaternary nitrogens is 1. The Labute approximate surface area is 348 Å². The maximum absolute atomic E-state index is 12.4. The van der Waals surface area contributed by atoms with Gasteiger partial charge in [0.05, 0.1) is 32.0 Å². The number of rotatable bonds is 26. The molecule has 0 aliphatic carbocycles. The summed E-state index contributed by atoms with van der Waals surface area (Å²) >= 11 is 0. The summed E-state index contributed by atoms with van der Waals surface area (Å²) in [6.07, 6.45) is 27.9. The lowest BCUT2D eigenvalue weighted by Gasteiger charge is -2.27. The van der Waals surface area contributed by atoms with E-state index in [1.165, 1.54) is 107 Å². The molecule has 0 saturated heterocycles. The molecule has 0 fully saturated rings. The second-order valence-corrected chi connectivity index (χ2v) is 14.6. The van der Waals surface area contributed by atoms with Crippen LogP contribution in [-0.2, 0) is 16.1 Å². The molecule has 0 spiro atoms. The number of aliphatic hydroxyl groups excluding tert-OH is 1. The highest BCUT2D eigenvalue weighted by Crippen LogP contribution is 2.27. The highest BCUT2D eigenvalue weighted by molar-refractivity contribution is 5.72. The molecule has 0 amide bonds. The fourth-order valence-corrected chi connectivity index (χ4v) is 6.40. The van der Waals surface area contributed by atoms with Crippen molar-refractivity contribution in [1.82, 2.24) is 0 Å². The normalized spacial score (nSPS) is 11.4. The van der Waals surface area contributed by atoms with Gasteiger partial charge in [-0.2, -0.15) is 0 Å². The molecule has 4 nitrogen and oxygen atoms in total. The van der Waals surface area contributed by atoms with Crippen LogP contribution in [0.3, 0.4) is 0 Å². The summed E-state index contributed by atoms with van der Waals surface area (Å²) in [7, 11) is 2.18. The number of aliphatic hydroxyl groups is 1. The third-order valence-corrected chi connectivity index (χ3v) is 9.66. The summed E-state index contributed by atoms with van der Waals surface area (Å²) in [5, 5.41) is 9.03. The zero-order chi connectivity index (χ0) is 41.5. The zero-order valence-electron chi connectivity index (χ0n) is 35.3. The van der Waals surface area contributed by atoms with E-state index in [0.717, 1.165) is 19.5 Å². The maximum Gasteiger partial charge on any atom is 0.309 e. The van der Waals surface area contributed by atoms with Crippen molar-refractivity contribution < 1.29 is 19.1 Å². The number of hydrogen-bond acceptors (Lipinski definition) is 3. The molecular formula is C53H64NO3+. The number of carbonyl (C=O) groups excluding carboxylic acids is 1. The number of terminal acetylenes is 1. The second-order valence-electron chi connectivity index (χ2n) is 14.6. The molecule has 1 N–H and O–H groups in total. The van der Waals surface area contributed by atoms with E-state index in [9.17, 15) is 4.79 Å². The van der Waals surface area contributed by atoms with Crippen LogP contribution >= 0.6 is 0 Å². The Hall–Kier alpha value is -5.35. The van der Waals surface area contributed by atoms with Crippen molar-refractivity contribution in [2.24, 2.45) is 5.92 Å². The van der Waals surface area contributed by atoms with Crippen molar-refractivity contribution >= 4 is 5.97 Å². The van der Waals surface area contributed by atoms with Gasteiger partial charge in [0.1, 0.15) is 13.2 Å². The molecule has 57 heavy (non-hydrogen) atoms. The summed E-state index contributed by atoms with van der Waals surface area (Å²) in [6, 6.07) is 12.1. The molecule has 298 valence electrons. The molecular weight excluding hydrogens is 699 g/mol. The average molecular weight is 763 g/mol. The summed E-state index contributed by atoms with van der Waals surface area (Å²) in [5.41, 5.74) is 2.39. The average Bonchev–Trinajstić information content (AvgIpc) is 3.21. The van der Waals surface area contributed by atoms with Gasteiger partial charge >= 0.3 is 5.97 Å². The molecule has 4 heteroatoms. The van der Waals surface area contributed by atoms with E-state index in [0.29, 0.717) is 17.3 Å². The van der Waals surface area contributed by atoms with Crippen LogP contribution in [0.1, 0.15) is 153 Å². The minimum Gasteiger partial charge on any atom is -0.463 e. The molecule has 0 aromatic heterocycles. The van der Waals surface area contributed by atoms with Crippen LogP contribution < -0.4 is 0 Å². The second kappa shape index (κ2) is 35.1. The first-order valence-corrected chi connectivity index (χ1v) is 21.1. The molecule has 0 aliphatic heterocycles. The predicted octanol–water partition coefficient (Wildman–Crippen LogP) is 9.57. The van der Waals surface area contributed by atoms with E-state index in [1.807, 2.05) is 6.92 Å². The van der Waals surface area contributed by atoms with E-state index < -0.39 is 0 Å². The van der Waals surface area contributed by atoms with Gasteiger partial charge in [-0.05, 0) is 84.5 Å². The SMILES string of the molecule is C#CC#CC#CC#CC#CC#CC#CC#CC#C[N+](C)(CCCCCCCCCCCCCCCCCC)Cc1ccc(C(C)CC(CC)C(=O)OCCO)cc1. The smallest absolute Gasteiger partial charge is 0.309 e. The molecule has 0 radical (unpaired) electrons. The van der Waals surface area contributed by atoms with Gasteiger partial charge < -0.3 is 9.84 Å². The lowest BCUT2D eigenvalue weighted by molar-refractivity contribution is -0.857. The molecule has 0 heterocycles. The first-order chi connectivity index (χ1) is 27.9. The topological polar surface area (TPSA) is 46.5 Å². The minimum atomic E-state index is -0.236. The van der Waals surface area contributed by atoms with Gasteiger partial charge in [0.25, 0.3) is 0 Å². The van der Waals surface area contributed by atoms with Crippen LogP contribution in [0, 0.1) is 113 Å². The first kappa shape index (κ1) is 49.7. The molecule has 0 saturated carbocycles. The Kier molecular flexibility index (Phi) is 30.6. The number of hydrogen-bond donors (Lipinski definition) is 1. The molecule has 0 bridgehead atoms. The van der Waals surface area contributed by atoms with Gasteiger partial charge in [0.2, 0.25) is 0 Å². The van der Waals surface area contributed by atoms with Crippen LogP contribution in [0.5, 0.6) is 0 Å². The van der Waals surface area contributed by atoms with Crippen LogP contribution in [0.25, 0.3) is 0 Å². The summed E-state index contributed by atoms with van der Waals surface area (Å²) in [6.45, 7) is 8.00. The Morgan fingerprint density at radius 3 is 1.49 bits per heavy atom. The Morgan fingerprint density at radius 2 is 1.07 bits per heavy atom. The van der Waals surface area contributed by atoms with Gasteiger partial charge in [-0.25, -0.2) is 4.48 Å². The van der Waals surface area contributed by atoms with Crippen molar-refractivity contribution in [1.29, 1.82) is 0 Å². The van der Waals surface area contributed by atoms with E-state index in [4.69, 9.17) is 16.3 Å². The van der Waals surface area contributed by atoms with Crippen LogP contribution in [-0.4, -0.2) is 42.4 Å².